The molecule has 1 unspecified atom stereocenters. The molecule has 0 spiro atoms. The van der Waals surface area contributed by atoms with Crippen molar-refractivity contribution in [3.63, 3.8) is 0 Å². The van der Waals surface area contributed by atoms with Gasteiger partial charge >= 0.3 is 5.97 Å². The summed E-state index contributed by atoms with van der Waals surface area (Å²) in [6.07, 6.45) is 2.07. The van der Waals surface area contributed by atoms with Gasteiger partial charge in [-0.15, -0.1) is 0 Å². The Morgan fingerprint density at radius 3 is 2.62 bits per heavy atom. The predicted octanol–water partition coefficient (Wildman–Crippen LogP) is -0.295. The first-order chi connectivity index (χ1) is 10.0. The molecule has 2 N–H and O–H groups in total. The third-order valence-corrected chi connectivity index (χ3v) is 5.71. The molecule has 2 saturated heterocycles. The van der Waals surface area contributed by atoms with Crippen LogP contribution in [0.3, 0.4) is 0 Å². The van der Waals surface area contributed by atoms with Crippen molar-refractivity contribution in [1.82, 2.24) is 14.3 Å². The second-order valence-corrected chi connectivity index (χ2v) is 7.39. The number of nitrogens with zero attached hydrogens (tertiary/aromatic N) is 1. The maximum Gasteiger partial charge on any atom is 0.309 e. The first-order valence-electron chi connectivity index (χ1n) is 7.65. The van der Waals surface area contributed by atoms with Crippen LogP contribution in [0.2, 0.25) is 0 Å². The van der Waals surface area contributed by atoms with Gasteiger partial charge in [-0.2, -0.15) is 12.7 Å². The van der Waals surface area contributed by atoms with Crippen molar-refractivity contribution in [3.05, 3.63) is 0 Å². The van der Waals surface area contributed by atoms with Crippen molar-refractivity contribution >= 4 is 16.2 Å². The lowest BCUT2D eigenvalue weighted by atomic mass is 9.98. The highest BCUT2D eigenvalue weighted by atomic mass is 32.2. The van der Waals surface area contributed by atoms with Crippen molar-refractivity contribution in [3.8, 4) is 0 Å². The summed E-state index contributed by atoms with van der Waals surface area (Å²) in [4.78, 5) is 11.6. The van der Waals surface area contributed by atoms with E-state index in [0.29, 0.717) is 45.0 Å². The number of carbonyl (C=O) groups is 1. The van der Waals surface area contributed by atoms with Crippen LogP contribution in [-0.2, 0) is 19.7 Å². The summed E-state index contributed by atoms with van der Waals surface area (Å²) in [5.41, 5.74) is 0. The molecular weight excluding hydrogens is 294 g/mol. The molecule has 0 bridgehead atoms. The quantitative estimate of drug-likeness (QED) is 0.657. The number of rotatable bonds is 6. The van der Waals surface area contributed by atoms with Gasteiger partial charge in [-0.25, -0.2) is 4.72 Å². The fraction of sp³-hybridized carbons (Fsp3) is 0.923. The van der Waals surface area contributed by atoms with Crippen LogP contribution < -0.4 is 10.0 Å². The van der Waals surface area contributed by atoms with E-state index in [2.05, 4.69) is 10.0 Å². The maximum absolute atomic E-state index is 12.2. The van der Waals surface area contributed by atoms with Crippen LogP contribution in [-0.4, -0.2) is 58.0 Å². The Kier molecular flexibility index (Phi) is 5.98. The van der Waals surface area contributed by atoms with Crippen molar-refractivity contribution in [2.24, 2.45) is 11.8 Å². The molecule has 0 aromatic heterocycles. The number of ether oxygens (including phenoxy) is 1. The molecule has 2 heterocycles. The van der Waals surface area contributed by atoms with Crippen LogP contribution in [0.25, 0.3) is 0 Å². The highest BCUT2D eigenvalue weighted by Crippen LogP contribution is 2.20. The molecule has 0 aromatic carbocycles. The minimum Gasteiger partial charge on any atom is -0.466 e. The van der Waals surface area contributed by atoms with Crippen molar-refractivity contribution in [1.29, 1.82) is 0 Å². The summed E-state index contributed by atoms with van der Waals surface area (Å²) in [6.45, 7) is 5.20. The third-order valence-electron chi connectivity index (χ3n) is 4.13. The molecule has 0 aromatic rings. The summed E-state index contributed by atoms with van der Waals surface area (Å²) in [6, 6.07) is 0. The van der Waals surface area contributed by atoms with Gasteiger partial charge in [0.2, 0.25) is 0 Å². The van der Waals surface area contributed by atoms with E-state index in [0.717, 1.165) is 19.5 Å². The Morgan fingerprint density at radius 2 is 2.05 bits per heavy atom. The lowest BCUT2D eigenvalue weighted by molar-refractivity contribution is -0.149. The van der Waals surface area contributed by atoms with Gasteiger partial charge in [-0.05, 0) is 45.2 Å². The van der Waals surface area contributed by atoms with Crippen molar-refractivity contribution < 1.29 is 17.9 Å². The Hall–Kier alpha value is -0.700. The lowest BCUT2D eigenvalue weighted by Gasteiger charge is -2.30. The molecule has 0 radical (unpaired) electrons. The van der Waals surface area contributed by atoms with E-state index in [1.807, 2.05) is 0 Å². The van der Waals surface area contributed by atoms with Gasteiger partial charge in [-0.1, -0.05) is 0 Å². The van der Waals surface area contributed by atoms with Gasteiger partial charge in [0.1, 0.15) is 0 Å². The standard InChI is InChI=1S/C13H25N3O4S/c1-2-20-13(17)12-4-7-16(8-5-12)21(18,19)15-10-11-3-6-14-9-11/h11-12,14-15H,2-10H2,1H3. The van der Waals surface area contributed by atoms with Crippen LogP contribution in [0.5, 0.6) is 0 Å². The Labute approximate surface area is 126 Å². The van der Waals surface area contributed by atoms with Gasteiger partial charge in [0, 0.05) is 19.6 Å². The van der Waals surface area contributed by atoms with E-state index in [1.54, 1.807) is 6.92 Å². The Balaban J connectivity index is 1.78. The number of hydrogen-bond acceptors (Lipinski definition) is 5. The summed E-state index contributed by atoms with van der Waals surface area (Å²) in [5, 5.41) is 3.22. The summed E-state index contributed by atoms with van der Waals surface area (Å²) >= 11 is 0. The number of piperidine rings is 1. The van der Waals surface area contributed by atoms with E-state index >= 15 is 0 Å². The molecule has 7 nitrogen and oxygen atoms in total. The smallest absolute Gasteiger partial charge is 0.309 e. The predicted molar refractivity (Wildman–Crippen MR) is 78.8 cm³/mol. The van der Waals surface area contributed by atoms with Crippen LogP contribution in [0, 0.1) is 11.8 Å². The van der Waals surface area contributed by atoms with Gasteiger partial charge in [-0.3, -0.25) is 4.79 Å². The molecule has 2 aliphatic rings. The molecule has 1 atom stereocenters. The third kappa shape index (κ3) is 4.64. The van der Waals surface area contributed by atoms with Crippen molar-refractivity contribution in [2.45, 2.75) is 26.2 Å². The zero-order chi connectivity index (χ0) is 15.3. The zero-order valence-electron chi connectivity index (χ0n) is 12.5. The molecule has 122 valence electrons. The molecule has 0 saturated carbocycles. The molecular formula is C13H25N3O4S. The summed E-state index contributed by atoms with van der Waals surface area (Å²) in [5.74, 6) is -0.00758. The van der Waals surface area contributed by atoms with Crippen molar-refractivity contribution in [2.75, 3.05) is 39.3 Å². The molecule has 21 heavy (non-hydrogen) atoms. The minimum absolute atomic E-state index is 0.171. The molecule has 2 aliphatic heterocycles. The number of nitrogens with one attached hydrogen (secondary N) is 2. The molecule has 8 heteroatoms. The fourth-order valence-corrected chi connectivity index (χ4v) is 4.12. The van der Waals surface area contributed by atoms with Crippen LogP contribution in [0.4, 0.5) is 0 Å². The van der Waals surface area contributed by atoms with E-state index in [4.69, 9.17) is 4.74 Å². The Morgan fingerprint density at radius 1 is 1.33 bits per heavy atom. The highest BCUT2D eigenvalue weighted by Gasteiger charge is 2.32. The monoisotopic (exact) mass is 319 g/mol. The number of carbonyl (C=O) groups excluding carboxylic acids is 1. The second kappa shape index (κ2) is 7.53. The average Bonchev–Trinajstić information content (AvgIpc) is 2.99. The molecule has 2 rings (SSSR count). The average molecular weight is 319 g/mol. The maximum atomic E-state index is 12.2. The normalized spacial score (nSPS) is 25.1. The Bertz CT molecular complexity index is 440. The van der Waals surface area contributed by atoms with E-state index in [1.165, 1.54) is 4.31 Å². The van der Waals surface area contributed by atoms with Gasteiger partial charge in [0.25, 0.3) is 10.2 Å². The van der Waals surface area contributed by atoms with Gasteiger partial charge in [0.15, 0.2) is 0 Å². The molecule has 0 amide bonds. The molecule has 2 fully saturated rings. The second-order valence-electron chi connectivity index (χ2n) is 5.64. The van der Waals surface area contributed by atoms with Gasteiger partial charge in [0.05, 0.1) is 12.5 Å². The zero-order valence-corrected chi connectivity index (χ0v) is 13.3. The highest BCUT2D eigenvalue weighted by molar-refractivity contribution is 7.87. The van der Waals surface area contributed by atoms with Crippen LogP contribution in [0.15, 0.2) is 0 Å². The first-order valence-corrected chi connectivity index (χ1v) is 9.09. The summed E-state index contributed by atoms with van der Waals surface area (Å²) in [7, 11) is -3.43. The van der Waals surface area contributed by atoms with E-state index in [9.17, 15) is 13.2 Å². The van der Waals surface area contributed by atoms with E-state index in [-0.39, 0.29) is 11.9 Å². The van der Waals surface area contributed by atoms with Gasteiger partial charge < -0.3 is 10.1 Å². The topological polar surface area (TPSA) is 87.7 Å². The largest absolute Gasteiger partial charge is 0.466 e. The van der Waals surface area contributed by atoms with E-state index < -0.39 is 10.2 Å². The van der Waals surface area contributed by atoms with Crippen LogP contribution in [0.1, 0.15) is 26.2 Å². The number of esters is 1. The molecule has 0 aliphatic carbocycles. The fourth-order valence-electron chi connectivity index (χ4n) is 2.80. The van der Waals surface area contributed by atoms with Crippen LogP contribution >= 0.6 is 0 Å². The summed E-state index contributed by atoms with van der Waals surface area (Å²) < 4.78 is 33.6. The lowest BCUT2D eigenvalue weighted by Crippen LogP contribution is -2.47. The first kappa shape index (κ1) is 16.7. The minimum atomic E-state index is -3.43. The number of hydrogen-bond donors (Lipinski definition) is 2. The SMILES string of the molecule is CCOC(=O)C1CCN(S(=O)(=O)NCC2CCNC2)CC1.